The molecule has 0 fully saturated rings. The Morgan fingerprint density at radius 1 is 0.735 bits per heavy atom. The van der Waals surface area contributed by atoms with Crippen LogP contribution in [0.2, 0.25) is 0 Å². The molecule has 0 heterocycles. The fraction of sp³-hybridized carbons (Fsp3) is 0.0345. The number of nitrogens with zero attached hydrogens (tertiary/aromatic N) is 1. The van der Waals surface area contributed by atoms with Crippen molar-refractivity contribution in [2.75, 3.05) is 16.0 Å². The lowest BCUT2D eigenvalue weighted by Crippen LogP contribution is -2.27. The maximum atomic E-state index is 13.2. The molecule has 4 rings (SSSR count). The second kappa shape index (κ2) is 11.7. The molecule has 1 N–H and O–H groups in total. The van der Waals surface area contributed by atoms with E-state index in [0.29, 0.717) is 5.69 Å². The first-order valence-corrected chi connectivity index (χ1v) is 11.9. The molecule has 0 aromatic heterocycles. The van der Waals surface area contributed by atoms with Crippen molar-refractivity contribution in [3.05, 3.63) is 127 Å². The van der Waals surface area contributed by atoms with Crippen molar-refractivity contribution in [3.8, 4) is 0 Å². The summed E-state index contributed by atoms with van der Waals surface area (Å²) in [6.45, 7) is 0. The summed E-state index contributed by atoms with van der Waals surface area (Å²) in [5.74, 6) is 0.0267. The van der Waals surface area contributed by atoms with Crippen LogP contribution in [-0.4, -0.2) is 17.6 Å². The molecule has 4 aromatic rings. The van der Waals surface area contributed by atoms with Crippen molar-refractivity contribution < 1.29 is 9.59 Å². The van der Waals surface area contributed by atoms with E-state index in [2.05, 4.69) is 5.32 Å². The highest BCUT2D eigenvalue weighted by molar-refractivity contribution is 8.00. The van der Waals surface area contributed by atoms with E-state index in [9.17, 15) is 9.59 Å². The Hall–Kier alpha value is -4.09. The Balaban J connectivity index is 1.41. The lowest BCUT2D eigenvalue weighted by atomic mass is 10.2. The second-order valence-corrected chi connectivity index (χ2v) is 8.50. The van der Waals surface area contributed by atoms with Gasteiger partial charge in [-0.05, 0) is 54.1 Å². The molecular weight excluding hydrogens is 440 g/mol. The third-order valence-electron chi connectivity index (χ3n) is 4.97. The first-order valence-electron chi connectivity index (χ1n) is 10.9. The van der Waals surface area contributed by atoms with Gasteiger partial charge >= 0.3 is 0 Å². The highest BCUT2D eigenvalue weighted by Gasteiger charge is 2.18. The fourth-order valence-corrected chi connectivity index (χ4v) is 4.19. The topological polar surface area (TPSA) is 49.4 Å². The number of thioether (sulfide) groups is 1. The maximum absolute atomic E-state index is 13.2. The van der Waals surface area contributed by atoms with Gasteiger partial charge in [-0.3, -0.25) is 14.5 Å². The molecular formula is C29H24N2O2S. The van der Waals surface area contributed by atoms with E-state index in [0.717, 1.165) is 21.8 Å². The third kappa shape index (κ3) is 6.47. The van der Waals surface area contributed by atoms with Crippen LogP contribution in [-0.2, 0) is 9.59 Å². The van der Waals surface area contributed by atoms with Gasteiger partial charge in [0.05, 0.1) is 5.75 Å². The van der Waals surface area contributed by atoms with Gasteiger partial charge in [-0.2, -0.15) is 0 Å². The second-order valence-electron chi connectivity index (χ2n) is 7.45. The molecule has 0 aliphatic carbocycles. The SMILES string of the molecule is O=C(/C=C/c1ccccc1)Nc1cccc(SCC(=O)N(c2ccccc2)c2ccccc2)c1. The summed E-state index contributed by atoms with van der Waals surface area (Å²) < 4.78 is 0. The predicted molar refractivity (Wildman–Crippen MR) is 141 cm³/mol. The van der Waals surface area contributed by atoms with E-state index < -0.39 is 0 Å². The van der Waals surface area contributed by atoms with E-state index in [1.165, 1.54) is 17.8 Å². The zero-order valence-corrected chi connectivity index (χ0v) is 19.3. The van der Waals surface area contributed by atoms with Crippen molar-refractivity contribution in [1.82, 2.24) is 0 Å². The van der Waals surface area contributed by atoms with E-state index in [1.54, 1.807) is 11.0 Å². The molecule has 2 amide bonds. The van der Waals surface area contributed by atoms with Crippen LogP contribution >= 0.6 is 11.8 Å². The molecule has 4 nitrogen and oxygen atoms in total. The van der Waals surface area contributed by atoms with Crippen LogP contribution < -0.4 is 10.2 Å². The number of amides is 2. The lowest BCUT2D eigenvalue weighted by Gasteiger charge is -2.23. The average molecular weight is 465 g/mol. The summed E-state index contributed by atoms with van der Waals surface area (Å²) in [6.07, 6.45) is 3.28. The van der Waals surface area contributed by atoms with E-state index >= 15 is 0 Å². The Morgan fingerprint density at radius 3 is 1.94 bits per heavy atom. The summed E-state index contributed by atoms with van der Waals surface area (Å²) >= 11 is 1.44. The number of hydrogen-bond acceptors (Lipinski definition) is 3. The molecule has 0 saturated heterocycles. The zero-order chi connectivity index (χ0) is 23.6. The Kier molecular flexibility index (Phi) is 7.93. The van der Waals surface area contributed by atoms with Gasteiger partial charge in [0.15, 0.2) is 0 Å². The number of hydrogen-bond donors (Lipinski definition) is 1. The minimum absolute atomic E-state index is 0.0253. The minimum Gasteiger partial charge on any atom is -0.322 e. The number of carbonyl (C=O) groups is 2. The largest absolute Gasteiger partial charge is 0.322 e. The molecule has 0 radical (unpaired) electrons. The number of rotatable bonds is 8. The van der Waals surface area contributed by atoms with Crippen molar-refractivity contribution >= 4 is 46.7 Å². The molecule has 0 unspecified atom stereocenters. The highest BCUT2D eigenvalue weighted by atomic mass is 32.2. The average Bonchev–Trinajstić information content (AvgIpc) is 2.89. The summed E-state index contributed by atoms with van der Waals surface area (Å²) in [5.41, 5.74) is 3.29. The van der Waals surface area contributed by atoms with Crippen LogP contribution in [0.15, 0.2) is 126 Å². The highest BCUT2D eigenvalue weighted by Crippen LogP contribution is 2.28. The van der Waals surface area contributed by atoms with E-state index in [1.807, 2.05) is 115 Å². The van der Waals surface area contributed by atoms with Crippen LogP contribution in [0.25, 0.3) is 6.08 Å². The van der Waals surface area contributed by atoms with Gasteiger partial charge in [-0.1, -0.05) is 72.8 Å². The molecule has 0 aliphatic rings. The summed E-state index contributed by atoms with van der Waals surface area (Å²) in [7, 11) is 0. The molecule has 0 atom stereocenters. The molecule has 168 valence electrons. The number of carbonyl (C=O) groups excluding carboxylic acids is 2. The van der Waals surface area contributed by atoms with Crippen molar-refractivity contribution in [2.45, 2.75) is 4.90 Å². The van der Waals surface area contributed by atoms with Crippen LogP contribution in [0.5, 0.6) is 0 Å². The summed E-state index contributed by atoms with van der Waals surface area (Å²) in [5, 5.41) is 2.88. The first kappa shape index (κ1) is 23.1. The number of nitrogens with one attached hydrogen (secondary N) is 1. The normalized spacial score (nSPS) is 10.7. The fourth-order valence-electron chi connectivity index (χ4n) is 3.38. The molecule has 0 spiro atoms. The van der Waals surface area contributed by atoms with Gasteiger partial charge in [0.25, 0.3) is 0 Å². The predicted octanol–water partition coefficient (Wildman–Crippen LogP) is 6.80. The van der Waals surface area contributed by atoms with Gasteiger partial charge in [-0.15, -0.1) is 11.8 Å². The molecule has 34 heavy (non-hydrogen) atoms. The number of para-hydroxylation sites is 2. The minimum atomic E-state index is -0.207. The summed E-state index contributed by atoms with van der Waals surface area (Å²) in [6, 6.07) is 36.4. The third-order valence-corrected chi connectivity index (χ3v) is 5.95. The standard InChI is InChI=1S/C29H24N2O2S/c32-28(20-19-23-11-4-1-5-12-23)30-24-13-10-18-27(21-24)34-22-29(33)31(25-14-6-2-7-15-25)26-16-8-3-9-17-26/h1-21H,22H2,(H,30,32)/b20-19+. The van der Waals surface area contributed by atoms with E-state index in [-0.39, 0.29) is 17.6 Å². The molecule has 0 saturated carbocycles. The molecule has 0 aliphatic heterocycles. The van der Waals surface area contributed by atoms with Crippen molar-refractivity contribution in [1.29, 1.82) is 0 Å². The number of benzene rings is 4. The smallest absolute Gasteiger partial charge is 0.248 e. The zero-order valence-electron chi connectivity index (χ0n) is 18.5. The van der Waals surface area contributed by atoms with Gasteiger partial charge in [0, 0.05) is 28.0 Å². The molecule has 4 aromatic carbocycles. The quantitative estimate of drug-likeness (QED) is 0.231. The van der Waals surface area contributed by atoms with Crippen LogP contribution in [0.1, 0.15) is 5.56 Å². The Morgan fingerprint density at radius 2 is 1.32 bits per heavy atom. The van der Waals surface area contributed by atoms with Crippen molar-refractivity contribution in [2.24, 2.45) is 0 Å². The van der Waals surface area contributed by atoms with Gasteiger partial charge in [0.1, 0.15) is 0 Å². The number of anilines is 3. The van der Waals surface area contributed by atoms with Crippen LogP contribution in [0.4, 0.5) is 17.1 Å². The lowest BCUT2D eigenvalue weighted by molar-refractivity contribution is -0.115. The summed E-state index contributed by atoms with van der Waals surface area (Å²) in [4.78, 5) is 28.2. The van der Waals surface area contributed by atoms with Crippen LogP contribution in [0.3, 0.4) is 0 Å². The monoisotopic (exact) mass is 464 g/mol. The van der Waals surface area contributed by atoms with Crippen LogP contribution in [0, 0.1) is 0 Å². The van der Waals surface area contributed by atoms with Gasteiger partial charge < -0.3 is 5.32 Å². The van der Waals surface area contributed by atoms with Gasteiger partial charge in [-0.25, -0.2) is 0 Å². The Bertz CT molecular complexity index is 1220. The van der Waals surface area contributed by atoms with Crippen molar-refractivity contribution in [3.63, 3.8) is 0 Å². The molecule has 0 bridgehead atoms. The molecule has 5 heteroatoms. The van der Waals surface area contributed by atoms with E-state index in [4.69, 9.17) is 0 Å². The maximum Gasteiger partial charge on any atom is 0.248 e. The van der Waals surface area contributed by atoms with Gasteiger partial charge in [0.2, 0.25) is 11.8 Å². The first-order chi connectivity index (χ1) is 16.7. The Labute approximate surface area is 203 Å².